The van der Waals surface area contributed by atoms with Gasteiger partial charge in [0.1, 0.15) is 6.10 Å². The summed E-state index contributed by atoms with van der Waals surface area (Å²) in [6.07, 6.45) is 4.55. The molecule has 2 aromatic heterocycles. The average Bonchev–Trinajstić information content (AvgIpc) is 3.26. The molecular formula is C17H16N4O2S. The van der Waals surface area contributed by atoms with E-state index in [9.17, 15) is 4.79 Å². The number of hydrogen-bond acceptors (Lipinski definition) is 5. The van der Waals surface area contributed by atoms with Gasteiger partial charge in [-0.05, 0) is 36.4 Å². The highest BCUT2D eigenvalue weighted by Crippen LogP contribution is 2.23. The molecule has 1 amide bonds. The van der Waals surface area contributed by atoms with Gasteiger partial charge in [-0.1, -0.05) is 0 Å². The Hall–Kier alpha value is -2.54. The molecule has 1 aromatic carbocycles. The number of fused-ring (bicyclic) bond motifs is 1. The van der Waals surface area contributed by atoms with Crippen molar-refractivity contribution in [3.05, 3.63) is 48.3 Å². The van der Waals surface area contributed by atoms with E-state index in [2.05, 4.69) is 20.5 Å². The quantitative estimate of drug-likeness (QED) is 0.763. The number of carbonyl (C=O) groups excluding carboxylic acids is 1. The minimum absolute atomic E-state index is 0.184. The summed E-state index contributed by atoms with van der Waals surface area (Å²) in [6, 6.07) is 8.99. The molecule has 1 aliphatic heterocycles. The van der Waals surface area contributed by atoms with Crippen molar-refractivity contribution in [1.82, 2.24) is 15.2 Å². The van der Waals surface area contributed by atoms with Crippen molar-refractivity contribution in [3.8, 4) is 5.88 Å². The second kappa shape index (κ2) is 6.52. The van der Waals surface area contributed by atoms with Gasteiger partial charge in [0.05, 0.1) is 11.7 Å². The predicted octanol–water partition coefficient (Wildman–Crippen LogP) is 3.09. The van der Waals surface area contributed by atoms with E-state index in [4.69, 9.17) is 4.74 Å². The molecule has 24 heavy (non-hydrogen) atoms. The molecular weight excluding hydrogens is 324 g/mol. The molecule has 1 aliphatic rings. The summed E-state index contributed by atoms with van der Waals surface area (Å²) in [5.74, 6) is 2.39. The lowest BCUT2D eigenvalue weighted by atomic mass is 10.2. The Morgan fingerprint density at radius 2 is 2.29 bits per heavy atom. The van der Waals surface area contributed by atoms with Crippen LogP contribution < -0.4 is 10.1 Å². The third kappa shape index (κ3) is 3.21. The van der Waals surface area contributed by atoms with Gasteiger partial charge in [-0.15, -0.1) is 0 Å². The molecule has 3 heterocycles. The van der Waals surface area contributed by atoms with Crippen LogP contribution in [0.15, 0.2) is 42.7 Å². The van der Waals surface area contributed by atoms with E-state index >= 15 is 0 Å². The summed E-state index contributed by atoms with van der Waals surface area (Å²) < 4.78 is 5.84. The molecule has 6 nitrogen and oxygen atoms in total. The lowest BCUT2D eigenvalue weighted by Crippen LogP contribution is -2.17. The summed E-state index contributed by atoms with van der Waals surface area (Å²) in [7, 11) is 0. The highest BCUT2D eigenvalue weighted by molar-refractivity contribution is 7.99. The van der Waals surface area contributed by atoms with Crippen molar-refractivity contribution in [2.24, 2.45) is 0 Å². The monoisotopic (exact) mass is 340 g/mol. The van der Waals surface area contributed by atoms with Gasteiger partial charge in [-0.3, -0.25) is 9.89 Å². The van der Waals surface area contributed by atoms with E-state index < -0.39 is 0 Å². The molecule has 7 heteroatoms. The Morgan fingerprint density at radius 3 is 3.17 bits per heavy atom. The maximum atomic E-state index is 12.5. The topological polar surface area (TPSA) is 79.9 Å². The number of carbonyl (C=O) groups is 1. The Kier molecular flexibility index (Phi) is 4.08. The molecule has 3 aromatic rings. The number of aromatic nitrogens is 3. The Labute approximate surface area is 143 Å². The van der Waals surface area contributed by atoms with E-state index in [1.807, 2.05) is 30.0 Å². The number of nitrogens with zero attached hydrogens (tertiary/aromatic N) is 2. The minimum Gasteiger partial charge on any atom is -0.473 e. The molecule has 1 atom stereocenters. The van der Waals surface area contributed by atoms with Crippen LogP contribution >= 0.6 is 11.8 Å². The number of benzene rings is 1. The lowest BCUT2D eigenvalue weighted by molar-refractivity contribution is 0.102. The maximum Gasteiger partial charge on any atom is 0.255 e. The first-order valence-corrected chi connectivity index (χ1v) is 8.88. The molecule has 122 valence electrons. The molecule has 0 saturated carbocycles. The first kappa shape index (κ1) is 15.0. The third-order valence-corrected chi connectivity index (χ3v) is 5.00. The Balaban J connectivity index is 1.48. The number of H-pyrrole nitrogens is 1. The van der Waals surface area contributed by atoms with Crippen molar-refractivity contribution >= 4 is 34.3 Å². The molecule has 1 saturated heterocycles. The molecule has 0 spiro atoms. The number of rotatable bonds is 4. The third-order valence-electron chi connectivity index (χ3n) is 3.87. The smallest absolute Gasteiger partial charge is 0.255 e. The summed E-state index contributed by atoms with van der Waals surface area (Å²) >= 11 is 1.88. The van der Waals surface area contributed by atoms with Crippen LogP contribution in [0.2, 0.25) is 0 Å². The standard InChI is InChI=1S/C17H16N4O2S/c22-17(20-13-2-1-12-9-19-21-15(12)8-13)11-3-5-18-16(7-11)23-14-4-6-24-10-14/h1-3,5,7-9,14H,4,6,10H2,(H,19,21)(H,20,22). The summed E-state index contributed by atoms with van der Waals surface area (Å²) in [5, 5.41) is 10.8. The Morgan fingerprint density at radius 1 is 1.33 bits per heavy atom. The Bertz CT molecular complexity index is 874. The fourth-order valence-corrected chi connectivity index (χ4v) is 3.70. The number of anilines is 1. The lowest BCUT2D eigenvalue weighted by Gasteiger charge is -2.12. The average molecular weight is 340 g/mol. The van der Waals surface area contributed by atoms with E-state index in [1.54, 1.807) is 24.5 Å². The molecule has 1 fully saturated rings. The molecule has 2 N–H and O–H groups in total. The highest BCUT2D eigenvalue weighted by Gasteiger charge is 2.18. The van der Waals surface area contributed by atoms with Crippen LogP contribution in [0, 0.1) is 0 Å². The molecule has 0 bridgehead atoms. The fourth-order valence-electron chi connectivity index (χ4n) is 2.61. The van der Waals surface area contributed by atoms with E-state index in [-0.39, 0.29) is 12.0 Å². The van der Waals surface area contributed by atoms with Gasteiger partial charge in [-0.2, -0.15) is 16.9 Å². The fraction of sp³-hybridized carbons (Fsp3) is 0.235. The van der Waals surface area contributed by atoms with Gasteiger partial charge in [0.15, 0.2) is 0 Å². The van der Waals surface area contributed by atoms with E-state index in [0.717, 1.165) is 28.8 Å². The molecule has 1 unspecified atom stereocenters. The van der Waals surface area contributed by atoms with Crippen LogP contribution in [0.4, 0.5) is 5.69 Å². The minimum atomic E-state index is -0.193. The van der Waals surface area contributed by atoms with Crippen LogP contribution in [-0.2, 0) is 0 Å². The number of ether oxygens (including phenoxy) is 1. The van der Waals surface area contributed by atoms with Gasteiger partial charge in [-0.25, -0.2) is 4.98 Å². The highest BCUT2D eigenvalue weighted by atomic mass is 32.2. The SMILES string of the molecule is O=C(Nc1ccc2cn[nH]c2c1)c1ccnc(OC2CCSC2)c1. The number of hydrogen-bond donors (Lipinski definition) is 2. The van der Waals surface area contributed by atoms with Gasteiger partial charge in [0.2, 0.25) is 5.88 Å². The second-order valence-electron chi connectivity index (χ2n) is 5.61. The predicted molar refractivity (Wildman–Crippen MR) is 94.6 cm³/mol. The van der Waals surface area contributed by atoms with Crippen molar-refractivity contribution in [3.63, 3.8) is 0 Å². The number of nitrogens with one attached hydrogen (secondary N) is 2. The van der Waals surface area contributed by atoms with Crippen LogP contribution in [0.25, 0.3) is 10.9 Å². The first-order valence-electron chi connectivity index (χ1n) is 7.73. The van der Waals surface area contributed by atoms with Crippen molar-refractivity contribution < 1.29 is 9.53 Å². The van der Waals surface area contributed by atoms with E-state index in [0.29, 0.717) is 17.1 Å². The molecule has 4 rings (SSSR count). The van der Waals surface area contributed by atoms with Gasteiger partial charge in [0.25, 0.3) is 5.91 Å². The van der Waals surface area contributed by atoms with Gasteiger partial charge < -0.3 is 10.1 Å². The number of thioether (sulfide) groups is 1. The van der Waals surface area contributed by atoms with Crippen molar-refractivity contribution in [2.75, 3.05) is 16.8 Å². The van der Waals surface area contributed by atoms with Crippen LogP contribution in [-0.4, -0.2) is 38.7 Å². The van der Waals surface area contributed by atoms with Crippen molar-refractivity contribution in [2.45, 2.75) is 12.5 Å². The summed E-state index contributed by atoms with van der Waals surface area (Å²) in [6.45, 7) is 0. The van der Waals surface area contributed by atoms with E-state index in [1.165, 1.54) is 0 Å². The number of pyridine rings is 1. The van der Waals surface area contributed by atoms with Crippen LogP contribution in [0.3, 0.4) is 0 Å². The van der Waals surface area contributed by atoms with Crippen LogP contribution in [0.5, 0.6) is 5.88 Å². The largest absolute Gasteiger partial charge is 0.473 e. The first-order chi connectivity index (χ1) is 11.8. The van der Waals surface area contributed by atoms with Crippen LogP contribution in [0.1, 0.15) is 16.8 Å². The maximum absolute atomic E-state index is 12.5. The normalized spacial score (nSPS) is 17.1. The number of amides is 1. The summed E-state index contributed by atoms with van der Waals surface area (Å²) in [5.41, 5.74) is 2.11. The zero-order chi connectivity index (χ0) is 16.4. The van der Waals surface area contributed by atoms with Gasteiger partial charge in [0, 0.05) is 34.7 Å². The second-order valence-corrected chi connectivity index (χ2v) is 6.76. The zero-order valence-corrected chi connectivity index (χ0v) is 13.7. The van der Waals surface area contributed by atoms with Crippen molar-refractivity contribution in [1.29, 1.82) is 0 Å². The van der Waals surface area contributed by atoms with Gasteiger partial charge >= 0.3 is 0 Å². The molecule has 0 radical (unpaired) electrons. The number of aromatic amines is 1. The summed E-state index contributed by atoms with van der Waals surface area (Å²) in [4.78, 5) is 16.7. The zero-order valence-electron chi connectivity index (χ0n) is 12.9. The molecule has 0 aliphatic carbocycles.